The lowest BCUT2D eigenvalue weighted by Gasteiger charge is -2.03. The monoisotopic (exact) mass is 310 g/mol. The van der Waals surface area contributed by atoms with E-state index in [-0.39, 0.29) is 11.6 Å². The van der Waals surface area contributed by atoms with Gasteiger partial charge >= 0.3 is 0 Å². The summed E-state index contributed by atoms with van der Waals surface area (Å²) in [5.74, 6) is -0.145. The molecule has 0 fully saturated rings. The van der Waals surface area contributed by atoms with E-state index < -0.39 is 0 Å². The van der Waals surface area contributed by atoms with Gasteiger partial charge < -0.3 is 5.73 Å². The molecule has 0 spiro atoms. The molecule has 1 heterocycles. The van der Waals surface area contributed by atoms with Crippen molar-refractivity contribution in [2.45, 2.75) is 20.4 Å². The van der Waals surface area contributed by atoms with Crippen molar-refractivity contribution in [3.8, 4) is 0 Å². The van der Waals surface area contributed by atoms with Crippen molar-refractivity contribution < 1.29 is 9.18 Å². The number of halogens is 1. The minimum absolute atomic E-state index is 0.0701. The molecule has 0 saturated carbocycles. The molecule has 3 aromatic rings. The lowest BCUT2D eigenvalue weighted by atomic mass is 10.1. The van der Waals surface area contributed by atoms with E-state index in [9.17, 15) is 9.18 Å². The van der Waals surface area contributed by atoms with Crippen molar-refractivity contribution in [1.82, 2.24) is 4.98 Å². The average molecular weight is 310 g/mol. The van der Waals surface area contributed by atoms with Crippen LogP contribution in [0.4, 0.5) is 4.39 Å². The highest BCUT2D eigenvalue weighted by Gasteiger charge is 2.06. The fourth-order valence-corrected chi connectivity index (χ4v) is 2.19. The fraction of sp³-hybridized carbons (Fsp3) is 0.158. The Balaban J connectivity index is 0.000000185. The molecule has 0 saturated heterocycles. The van der Waals surface area contributed by atoms with Crippen LogP contribution in [0, 0.1) is 12.7 Å². The van der Waals surface area contributed by atoms with Crippen LogP contribution < -0.4 is 5.73 Å². The van der Waals surface area contributed by atoms with Crippen molar-refractivity contribution in [2.75, 3.05) is 0 Å². The van der Waals surface area contributed by atoms with Crippen LogP contribution in [0.3, 0.4) is 0 Å². The first-order valence-corrected chi connectivity index (χ1v) is 7.33. The van der Waals surface area contributed by atoms with Gasteiger partial charge in [0, 0.05) is 23.2 Å². The molecule has 23 heavy (non-hydrogen) atoms. The van der Waals surface area contributed by atoms with E-state index in [1.165, 1.54) is 12.1 Å². The minimum atomic E-state index is -0.216. The second-order valence-corrected chi connectivity index (χ2v) is 5.20. The minimum Gasteiger partial charge on any atom is -0.326 e. The van der Waals surface area contributed by atoms with Gasteiger partial charge in [0.15, 0.2) is 5.78 Å². The number of pyridine rings is 1. The van der Waals surface area contributed by atoms with Gasteiger partial charge in [0.1, 0.15) is 5.82 Å². The van der Waals surface area contributed by atoms with E-state index in [0.29, 0.717) is 12.1 Å². The second-order valence-electron chi connectivity index (χ2n) is 5.20. The zero-order valence-electron chi connectivity index (χ0n) is 13.2. The highest BCUT2D eigenvalue weighted by molar-refractivity contribution is 5.98. The van der Waals surface area contributed by atoms with Crippen LogP contribution >= 0.6 is 0 Å². The number of carbonyl (C=O) groups is 1. The Morgan fingerprint density at radius 3 is 2.39 bits per heavy atom. The Bertz CT molecular complexity index is 813. The number of benzene rings is 2. The second kappa shape index (κ2) is 7.61. The zero-order valence-corrected chi connectivity index (χ0v) is 13.2. The van der Waals surface area contributed by atoms with Gasteiger partial charge in [-0.1, -0.05) is 30.3 Å². The van der Waals surface area contributed by atoms with Crippen molar-refractivity contribution in [2.24, 2.45) is 5.73 Å². The van der Waals surface area contributed by atoms with Gasteiger partial charge in [-0.2, -0.15) is 0 Å². The molecule has 0 aliphatic heterocycles. The molecule has 2 N–H and O–H groups in total. The maximum Gasteiger partial charge on any atom is 0.161 e. The number of para-hydroxylation sites is 1. The maximum atomic E-state index is 12.2. The standard InChI is InChI=1S/C12H11NO.C7H8FN/c1-8-11(9(2)14)7-10-5-3-4-6-12(10)13-8;8-7-3-1-6(5-9)2-4-7/h3-7H,1-2H3;1-4H,5,9H2. The summed E-state index contributed by atoms with van der Waals surface area (Å²) in [5, 5.41) is 1.02. The number of carbonyl (C=O) groups excluding carboxylic acids is 1. The van der Waals surface area contributed by atoms with Gasteiger partial charge in [0.05, 0.1) is 5.52 Å². The Morgan fingerprint density at radius 2 is 1.78 bits per heavy atom. The molecule has 0 bridgehead atoms. The first-order chi connectivity index (χ1) is 11.0. The fourth-order valence-electron chi connectivity index (χ4n) is 2.19. The number of hydrogen-bond donors (Lipinski definition) is 1. The van der Waals surface area contributed by atoms with Crippen molar-refractivity contribution in [3.05, 3.63) is 77.2 Å². The Hall–Kier alpha value is -2.59. The Kier molecular flexibility index (Phi) is 5.55. The number of rotatable bonds is 2. The van der Waals surface area contributed by atoms with E-state index in [0.717, 1.165) is 22.2 Å². The molecule has 4 heteroatoms. The highest BCUT2D eigenvalue weighted by Crippen LogP contribution is 2.16. The lowest BCUT2D eigenvalue weighted by molar-refractivity contribution is 0.101. The number of nitrogens with zero attached hydrogens (tertiary/aromatic N) is 1. The van der Waals surface area contributed by atoms with E-state index >= 15 is 0 Å². The smallest absolute Gasteiger partial charge is 0.161 e. The van der Waals surface area contributed by atoms with Crippen molar-refractivity contribution in [1.29, 1.82) is 0 Å². The first-order valence-electron chi connectivity index (χ1n) is 7.33. The number of hydrogen-bond acceptors (Lipinski definition) is 3. The molecular formula is C19H19FN2O. The van der Waals surface area contributed by atoms with E-state index in [1.54, 1.807) is 19.1 Å². The number of nitrogens with two attached hydrogens (primary N) is 1. The highest BCUT2D eigenvalue weighted by atomic mass is 19.1. The molecule has 0 unspecified atom stereocenters. The molecule has 3 rings (SSSR count). The van der Waals surface area contributed by atoms with Gasteiger partial charge in [-0.3, -0.25) is 9.78 Å². The van der Waals surface area contributed by atoms with Gasteiger partial charge in [-0.15, -0.1) is 0 Å². The topological polar surface area (TPSA) is 56.0 Å². The van der Waals surface area contributed by atoms with Crippen LogP contribution in [0.15, 0.2) is 54.6 Å². The van der Waals surface area contributed by atoms with Crippen LogP contribution in [0.5, 0.6) is 0 Å². The Morgan fingerprint density at radius 1 is 1.13 bits per heavy atom. The van der Waals surface area contributed by atoms with E-state index in [4.69, 9.17) is 5.73 Å². The molecule has 0 radical (unpaired) electrons. The largest absolute Gasteiger partial charge is 0.326 e. The van der Waals surface area contributed by atoms with Crippen LogP contribution in [-0.4, -0.2) is 10.8 Å². The third-order valence-electron chi connectivity index (χ3n) is 3.44. The molecule has 0 amide bonds. The quantitative estimate of drug-likeness (QED) is 0.727. The average Bonchev–Trinajstić information content (AvgIpc) is 2.55. The first kappa shape index (κ1) is 16.8. The number of aryl methyl sites for hydroxylation is 1. The number of fused-ring (bicyclic) bond motifs is 1. The van der Waals surface area contributed by atoms with Crippen molar-refractivity contribution in [3.63, 3.8) is 0 Å². The normalized spacial score (nSPS) is 10.1. The van der Waals surface area contributed by atoms with Crippen LogP contribution in [0.25, 0.3) is 10.9 Å². The number of Topliss-reactive ketones (excluding diaryl/α,β-unsaturated/α-hetero) is 1. The summed E-state index contributed by atoms with van der Waals surface area (Å²) in [6, 6.07) is 15.9. The molecule has 1 aromatic heterocycles. The predicted molar refractivity (Wildman–Crippen MR) is 90.8 cm³/mol. The third-order valence-corrected chi connectivity index (χ3v) is 3.44. The maximum absolute atomic E-state index is 12.2. The van der Waals surface area contributed by atoms with Crippen LogP contribution in [0.2, 0.25) is 0 Å². The van der Waals surface area contributed by atoms with Gasteiger partial charge in [0.2, 0.25) is 0 Å². The molecule has 3 nitrogen and oxygen atoms in total. The number of aromatic nitrogens is 1. The summed E-state index contributed by atoms with van der Waals surface area (Å²) in [6.07, 6.45) is 0. The molecule has 2 aromatic carbocycles. The summed E-state index contributed by atoms with van der Waals surface area (Å²) in [6.45, 7) is 3.90. The van der Waals surface area contributed by atoms with E-state index in [2.05, 4.69) is 4.98 Å². The summed E-state index contributed by atoms with van der Waals surface area (Å²) in [7, 11) is 0. The molecular weight excluding hydrogens is 291 g/mol. The summed E-state index contributed by atoms with van der Waals surface area (Å²) >= 11 is 0. The van der Waals surface area contributed by atoms with Crippen molar-refractivity contribution >= 4 is 16.7 Å². The molecule has 0 aliphatic rings. The third kappa shape index (κ3) is 4.44. The van der Waals surface area contributed by atoms with Gasteiger partial charge in [-0.05, 0) is 43.7 Å². The number of ketones is 1. The van der Waals surface area contributed by atoms with Crippen LogP contribution in [-0.2, 0) is 6.54 Å². The predicted octanol–water partition coefficient (Wildman–Crippen LogP) is 4.03. The molecule has 0 aliphatic carbocycles. The summed E-state index contributed by atoms with van der Waals surface area (Å²) in [5.41, 5.74) is 8.69. The van der Waals surface area contributed by atoms with Gasteiger partial charge in [0.25, 0.3) is 0 Å². The Labute approximate surface area is 135 Å². The van der Waals surface area contributed by atoms with E-state index in [1.807, 2.05) is 37.3 Å². The van der Waals surface area contributed by atoms with Gasteiger partial charge in [-0.25, -0.2) is 4.39 Å². The molecule has 0 atom stereocenters. The lowest BCUT2D eigenvalue weighted by Crippen LogP contribution is -1.98. The van der Waals surface area contributed by atoms with Crippen LogP contribution in [0.1, 0.15) is 28.5 Å². The molecule has 118 valence electrons. The summed E-state index contributed by atoms with van der Waals surface area (Å²) in [4.78, 5) is 15.6. The zero-order chi connectivity index (χ0) is 16.8. The summed E-state index contributed by atoms with van der Waals surface area (Å²) < 4.78 is 12.2. The SMILES string of the molecule is CC(=O)c1cc2ccccc2nc1C.NCc1ccc(F)cc1.